The number of carbonyl (C=O) groups excluding carboxylic acids is 3. The highest BCUT2D eigenvalue weighted by atomic mass is 32.1. The van der Waals surface area contributed by atoms with Gasteiger partial charge in [-0.3, -0.25) is 23.7 Å². The van der Waals surface area contributed by atoms with Crippen LogP contribution in [0, 0.1) is 13.8 Å². The van der Waals surface area contributed by atoms with E-state index in [0.29, 0.717) is 45.5 Å². The molecule has 40 heavy (non-hydrogen) atoms. The van der Waals surface area contributed by atoms with Gasteiger partial charge >= 0.3 is 5.91 Å². The minimum absolute atomic E-state index is 0.0842. The van der Waals surface area contributed by atoms with Crippen molar-refractivity contribution >= 4 is 45.3 Å². The number of rotatable bonds is 9. The molecule has 1 N–H and O–H groups in total. The molecule has 1 aliphatic heterocycles. The molecule has 1 unspecified atom stereocenters. The van der Waals surface area contributed by atoms with Gasteiger partial charge < -0.3 is 9.84 Å². The Morgan fingerprint density at radius 3 is 2.60 bits per heavy atom. The Kier molecular flexibility index (Phi) is 7.53. The van der Waals surface area contributed by atoms with Crippen LogP contribution in [0.15, 0.2) is 54.2 Å². The number of thiazole rings is 1. The second-order valence-electron chi connectivity index (χ2n) is 9.74. The van der Waals surface area contributed by atoms with Crippen molar-refractivity contribution in [3.63, 3.8) is 0 Å². The van der Waals surface area contributed by atoms with E-state index in [9.17, 15) is 19.5 Å². The van der Waals surface area contributed by atoms with Crippen molar-refractivity contribution in [2.45, 2.75) is 53.0 Å². The maximum absolute atomic E-state index is 13.7. The first-order valence-electron chi connectivity index (χ1n) is 13.2. The van der Waals surface area contributed by atoms with E-state index in [1.807, 2.05) is 12.1 Å². The molecule has 1 saturated heterocycles. The highest BCUT2D eigenvalue weighted by Gasteiger charge is 2.49. The van der Waals surface area contributed by atoms with Gasteiger partial charge in [-0.05, 0) is 50.1 Å². The highest BCUT2D eigenvalue weighted by Crippen LogP contribution is 2.44. The Morgan fingerprint density at radius 2 is 1.88 bits per heavy atom. The quantitative estimate of drug-likeness (QED) is 0.0907. The maximum atomic E-state index is 13.7. The van der Waals surface area contributed by atoms with Gasteiger partial charge in [-0.1, -0.05) is 49.3 Å². The second kappa shape index (κ2) is 11.1. The topological polar surface area (TPSA) is 114 Å². The largest absolute Gasteiger partial charge is 0.505 e. The van der Waals surface area contributed by atoms with Gasteiger partial charge in [0, 0.05) is 13.1 Å². The van der Waals surface area contributed by atoms with Gasteiger partial charge in [-0.2, -0.15) is 0 Å². The number of aromatic nitrogens is 3. The minimum Gasteiger partial charge on any atom is -0.505 e. The number of hydrogen-bond donors (Lipinski definition) is 1. The van der Waals surface area contributed by atoms with E-state index in [1.165, 1.54) is 11.8 Å². The standard InChI is InChI=1S/C30H30N4O5S/c1-5-6-9-15-39-21-12-10-11-20(16-21)25-23(26(36)24-17(2)31-22-13-7-8-14-33(22)24)27(37)29(38)34(25)30-32-18(3)28(40-30)19(4)35/h7-8,10-14,16,25,36H,5-6,9,15H2,1-4H3/b26-23+. The number of ketones is 2. The number of imidazole rings is 1. The van der Waals surface area contributed by atoms with Crippen molar-refractivity contribution in [1.82, 2.24) is 14.4 Å². The molecule has 1 atom stereocenters. The number of Topliss-reactive ketones (excluding diaryl/α,β-unsaturated/α-hetero) is 2. The van der Waals surface area contributed by atoms with Crippen molar-refractivity contribution in [1.29, 1.82) is 0 Å². The van der Waals surface area contributed by atoms with Crippen molar-refractivity contribution in [2.24, 2.45) is 0 Å². The lowest BCUT2D eigenvalue weighted by molar-refractivity contribution is -0.132. The van der Waals surface area contributed by atoms with Crippen LogP contribution in [0.5, 0.6) is 5.75 Å². The fraction of sp³-hybridized carbons (Fsp3) is 0.300. The number of hydrogen-bond acceptors (Lipinski definition) is 8. The molecule has 0 radical (unpaired) electrons. The van der Waals surface area contributed by atoms with E-state index < -0.39 is 17.7 Å². The monoisotopic (exact) mass is 558 g/mol. The lowest BCUT2D eigenvalue weighted by Crippen LogP contribution is -2.29. The Bertz CT molecular complexity index is 1670. The summed E-state index contributed by atoms with van der Waals surface area (Å²) in [6.07, 6.45) is 4.75. The number of unbranched alkanes of at least 4 members (excludes halogenated alkanes) is 2. The molecule has 5 rings (SSSR count). The molecule has 206 valence electrons. The van der Waals surface area contributed by atoms with Crippen LogP contribution in [0.1, 0.15) is 71.5 Å². The molecule has 0 bridgehead atoms. The summed E-state index contributed by atoms with van der Waals surface area (Å²) in [5.74, 6) is -1.62. The third-order valence-corrected chi connectivity index (χ3v) is 8.13. The van der Waals surface area contributed by atoms with Gasteiger partial charge in [0.1, 0.15) is 17.1 Å². The van der Waals surface area contributed by atoms with Crippen LogP contribution in [0.25, 0.3) is 11.4 Å². The van der Waals surface area contributed by atoms with Crippen molar-refractivity contribution < 1.29 is 24.2 Å². The Hall–Kier alpha value is -4.31. The van der Waals surface area contributed by atoms with E-state index >= 15 is 0 Å². The molecule has 3 aromatic heterocycles. The summed E-state index contributed by atoms with van der Waals surface area (Å²) in [6.45, 7) is 7.51. The second-order valence-corrected chi connectivity index (χ2v) is 10.7. The van der Waals surface area contributed by atoms with Crippen molar-refractivity contribution in [2.75, 3.05) is 11.5 Å². The van der Waals surface area contributed by atoms with E-state index in [0.717, 1.165) is 30.6 Å². The van der Waals surface area contributed by atoms with Gasteiger partial charge in [0.15, 0.2) is 16.7 Å². The number of pyridine rings is 1. The van der Waals surface area contributed by atoms with Crippen LogP contribution < -0.4 is 9.64 Å². The van der Waals surface area contributed by atoms with Gasteiger partial charge in [0.2, 0.25) is 0 Å². The highest BCUT2D eigenvalue weighted by molar-refractivity contribution is 7.18. The Balaban J connectivity index is 1.70. The number of nitrogens with zero attached hydrogens (tertiary/aromatic N) is 4. The van der Waals surface area contributed by atoms with E-state index in [4.69, 9.17) is 4.74 Å². The van der Waals surface area contributed by atoms with Gasteiger partial charge in [0.05, 0.1) is 34.5 Å². The molecule has 1 fully saturated rings. The molecule has 0 spiro atoms. The molecular formula is C30H30N4O5S. The predicted molar refractivity (Wildman–Crippen MR) is 153 cm³/mol. The molecule has 1 aromatic carbocycles. The number of benzene rings is 1. The smallest absolute Gasteiger partial charge is 0.301 e. The summed E-state index contributed by atoms with van der Waals surface area (Å²) in [7, 11) is 0. The van der Waals surface area contributed by atoms with Crippen molar-refractivity contribution in [3.8, 4) is 5.75 Å². The zero-order chi connectivity index (χ0) is 28.6. The summed E-state index contributed by atoms with van der Waals surface area (Å²) in [6, 6.07) is 11.6. The van der Waals surface area contributed by atoms with Crippen LogP contribution in [0.4, 0.5) is 5.13 Å². The first kappa shape index (κ1) is 27.3. The molecule has 4 aromatic rings. The molecule has 1 aliphatic rings. The summed E-state index contributed by atoms with van der Waals surface area (Å²) in [5, 5.41) is 11.9. The summed E-state index contributed by atoms with van der Waals surface area (Å²) in [5.41, 5.74) is 2.38. The number of amides is 1. The third kappa shape index (κ3) is 4.79. The predicted octanol–water partition coefficient (Wildman–Crippen LogP) is 5.81. The van der Waals surface area contributed by atoms with Crippen LogP contribution >= 0.6 is 11.3 Å². The number of anilines is 1. The Morgan fingerprint density at radius 1 is 1.07 bits per heavy atom. The first-order valence-corrected chi connectivity index (χ1v) is 14.0. The molecule has 9 nitrogen and oxygen atoms in total. The van der Waals surface area contributed by atoms with Gasteiger partial charge in [-0.25, -0.2) is 9.97 Å². The lowest BCUT2D eigenvalue weighted by atomic mass is 9.96. The number of ether oxygens (including phenoxy) is 1. The molecule has 0 saturated carbocycles. The zero-order valence-corrected chi connectivity index (χ0v) is 23.6. The fourth-order valence-corrected chi connectivity index (χ4v) is 5.99. The normalized spacial score (nSPS) is 16.7. The molecule has 0 aliphatic carbocycles. The zero-order valence-electron chi connectivity index (χ0n) is 22.8. The van der Waals surface area contributed by atoms with Crippen molar-refractivity contribution in [3.05, 3.63) is 81.8 Å². The molecule has 4 heterocycles. The number of fused-ring (bicyclic) bond motifs is 1. The van der Waals surface area contributed by atoms with Crippen LogP contribution in [0.2, 0.25) is 0 Å². The number of aliphatic hydroxyl groups is 1. The summed E-state index contributed by atoms with van der Waals surface area (Å²) in [4.78, 5) is 50.1. The SMILES string of the molecule is CCCCCOc1cccc(C2/C(=C(\O)c3c(C)nc4ccccn34)C(=O)C(=O)N2c2nc(C)c(C(C)=O)s2)c1. The van der Waals surface area contributed by atoms with E-state index in [-0.39, 0.29) is 22.2 Å². The number of aryl methyl sites for hydroxylation is 2. The third-order valence-electron chi connectivity index (χ3n) is 6.87. The maximum Gasteiger partial charge on any atom is 0.301 e. The summed E-state index contributed by atoms with van der Waals surface area (Å²) >= 11 is 1.05. The van der Waals surface area contributed by atoms with Crippen LogP contribution in [-0.2, 0) is 9.59 Å². The van der Waals surface area contributed by atoms with Gasteiger partial charge in [-0.15, -0.1) is 0 Å². The fourth-order valence-electron chi connectivity index (χ4n) is 5.00. The van der Waals surface area contributed by atoms with Crippen LogP contribution in [-0.4, -0.2) is 43.6 Å². The number of carbonyl (C=O) groups is 3. The molecular weight excluding hydrogens is 528 g/mol. The number of aliphatic hydroxyl groups excluding tert-OH is 1. The van der Waals surface area contributed by atoms with E-state index in [1.54, 1.807) is 54.8 Å². The average Bonchev–Trinajstić information content (AvgIpc) is 3.57. The molecule has 10 heteroatoms. The van der Waals surface area contributed by atoms with Crippen LogP contribution in [0.3, 0.4) is 0 Å². The summed E-state index contributed by atoms with van der Waals surface area (Å²) < 4.78 is 7.65. The Labute approximate surface area is 235 Å². The minimum atomic E-state index is -1.00. The van der Waals surface area contributed by atoms with Gasteiger partial charge in [0.25, 0.3) is 5.78 Å². The first-order chi connectivity index (χ1) is 19.2. The molecule has 1 amide bonds. The van der Waals surface area contributed by atoms with E-state index in [2.05, 4.69) is 16.9 Å². The average molecular weight is 559 g/mol. The lowest BCUT2D eigenvalue weighted by Gasteiger charge is -2.23.